The Morgan fingerprint density at radius 1 is 1.08 bits per heavy atom. The van der Waals surface area contributed by atoms with E-state index in [9.17, 15) is 12.8 Å². The summed E-state index contributed by atoms with van der Waals surface area (Å²) in [4.78, 5) is 0.120. The van der Waals surface area contributed by atoms with Crippen LogP contribution in [-0.4, -0.2) is 46.6 Å². The van der Waals surface area contributed by atoms with Crippen LogP contribution in [0.4, 0.5) is 4.39 Å². The summed E-state index contributed by atoms with van der Waals surface area (Å²) in [6.45, 7) is 0.658. The summed E-state index contributed by atoms with van der Waals surface area (Å²) in [5, 5.41) is 0. The molecular formula is C18H20FNO5S. The summed E-state index contributed by atoms with van der Waals surface area (Å²) < 4.78 is 56.5. The Morgan fingerprint density at radius 2 is 1.77 bits per heavy atom. The number of hydrogen-bond acceptors (Lipinski definition) is 5. The molecule has 0 radical (unpaired) electrons. The normalized spacial score (nSPS) is 18.5. The molecule has 26 heavy (non-hydrogen) atoms. The van der Waals surface area contributed by atoms with Gasteiger partial charge in [0.15, 0.2) is 11.5 Å². The van der Waals surface area contributed by atoms with Crippen LogP contribution in [0.15, 0.2) is 47.4 Å². The van der Waals surface area contributed by atoms with Gasteiger partial charge in [-0.05, 0) is 29.8 Å². The van der Waals surface area contributed by atoms with E-state index in [-0.39, 0.29) is 30.4 Å². The fourth-order valence-electron chi connectivity index (χ4n) is 2.85. The van der Waals surface area contributed by atoms with E-state index in [1.807, 2.05) is 0 Å². The quantitative estimate of drug-likeness (QED) is 0.797. The Labute approximate surface area is 152 Å². The van der Waals surface area contributed by atoms with Gasteiger partial charge in [0.05, 0.1) is 31.8 Å². The number of morpholine rings is 1. The van der Waals surface area contributed by atoms with Gasteiger partial charge in [-0.25, -0.2) is 12.8 Å². The SMILES string of the molecule is COc1ccc(S(=O)(=O)N2CCOC(c3ccc(F)cc3)C2)cc1OC. The molecule has 0 bridgehead atoms. The maximum Gasteiger partial charge on any atom is 0.243 e. The Balaban J connectivity index is 1.86. The molecule has 0 amide bonds. The van der Waals surface area contributed by atoms with Crippen LogP contribution in [0.2, 0.25) is 0 Å². The van der Waals surface area contributed by atoms with Crippen LogP contribution < -0.4 is 9.47 Å². The van der Waals surface area contributed by atoms with E-state index in [1.54, 1.807) is 18.2 Å². The number of methoxy groups -OCH3 is 2. The molecule has 1 unspecified atom stereocenters. The zero-order valence-electron chi connectivity index (χ0n) is 14.5. The van der Waals surface area contributed by atoms with Gasteiger partial charge >= 0.3 is 0 Å². The van der Waals surface area contributed by atoms with Crippen molar-refractivity contribution in [3.63, 3.8) is 0 Å². The zero-order valence-corrected chi connectivity index (χ0v) is 15.3. The smallest absolute Gasteiger partial charge is 0.243 e. The van der Waals surface area contributed by atoms with Crippen molar-refractivity contribution >= 4 is 10.0 Å². The highest BCUT2D eigenvalue weighted by molar-refractivity contribution is 7.89. The third-order valence-electron chi connectivity index (χ3n) is 4.26. The second-order valence-corrected chi connectivity index (χ2v) is 7.73. The predicted molar refractivity (Wildman–Crippen MR) is 93.4 cm³/mol. The van der Waals surface area contributed by atoms with Gasteiger partial charge in [0.25, 0.3) is 0 Å². The molecule has 1 heterocycles. The van der Waals surface area contributed by atoms with Crippen molar-refractivity contribution in [3.8, 4) is 11.5 Å². The van der Waals surface area contributed by atoms with E-state index in [0.717, 1.165) is 5.56 Å². The molecule has 1 aliphatic heterocycles. The average molecular weight is 381 g/mol. The highest BCUT2D eigenvalue weighted by Crippen LogP contribution is 2.32. The number of halogens is 1. The number of nitrogens with zero attached hydrogens (tertiary/aromatic N) is 1. The molecule has 2 aromatic rings. The Kier molecular flexibility index (Phi) is 5.45. The summed E-state index contributed by atoms with van der Waals surface area (Å²) >= 11 is 0. The average Bonchev–Trinajstić information content (AvgIpc) is 2.68. The molecule has 8 heteroatoms. The van der Waals surface area contributed by atoms with Crippen LogP contribution in [0.1, 0.15) is 11.7 Å². The van der Waals surface area contributed by atoms with Crippen molar-refractivity contribution in [2.45, 2.75) is 11.0 Å². The number of benzene rings is 2. The molecule has 0 aliphatic carbocycles. The van der Waals surface area contributed by atoms with E-state index in [2.05, 4.69) is 0 Å². The van der Waals surface area contributed by atoms with Gasteiger partial charge in [-0.15, -0.1) is 0 Å². The van der Waals surface area contributed by atoms with Crippen LogP contribution in [0.3, 0.4) is 0 Å². The van der Waals surface area contributed by atoms with Gasteiger partial charge in [0.2, 0.25) is 10.0 Å². The van der Waals surface area contributed by atoms with Crippen molar-refractivity contribution < 1.29 is 27.0 Å². The van der Waals surface area contributed by atoms with E-state index >= 15 is 0 Å². The standard InChI is InChI=1S/C18H20FNO5S/c1-23-16-8-7-15(11-17(16)24-2)26(21,22)20-9-10-25-18(12-20)13-3-5-14(19)6-4-13/h3-8,11,18H,9-10,12H2,1-2H3. The molecular weight excluding hydrogens is 361 g/mol. The van der Waals surface area contributed by atoms with Crippen LogP contribution in [0, 0.1) is 5.82 Å². The topological polar surface area (TPSA) is 65.1 Å². The fraction of sp³-hybridized carbons (Fsp3) is 0.333. The molecule has 0 saturated carbocycles. The summed E-state index contributed by atoms with van der Waals surface area (Å²) in [5.41, 5.74) is 0.735. The van der Waals surface area contributed by atoms with Crippen molar-refractivity contribution in [1.29, 1.82) is 0 Å². The second-order valence-electron chi connectivity index (χ2n) is 5.79. The first kappa shape index (κ1) is 18.6. The van der Waals surface area contributed by atoms with Crippen LogP contribution >= 0.6 is 0 Å². The monoisotopic (exact) mass is 381 g/mol. The molecule has 0 aromatic heterocycles. The number of ether oxygens (including phenoxy) is 3. The van der Waals surface area contributed by atoms with Gasteiger partial charge < -0.3 is 14.2 Å². The maximum atomic E-state index is 13.1. The number of sulfonamides is 1. The molecule has 1 atom stereocenters. The summed E-state index contributed by atoms with van der Waals surface area (Å²) in [6, 6.07) is 10.4. The minimum atomic E-state index is -3.72. The van der Waals surface area contributed by atoms with Crippen LogP contribution in [0.25, 0.3) is 0 Å². The van der Waals surface area contributed by atoms with E-state index in [1.165, 1.54) is 42.8 Å². The minimum absolute atomic E-state index is 0.120. The number of rotatable bonds is 5. The van der Waals surface area contributed by atoms with Crippen molar-refractivity contribution in [3.05, 3.63) is 53.8 Å². The maximum absolute atomic E-state index is 13.1. The molecule has 6 nitrogen and oxygen atoms in total. The van der Waals surface area contributed by atoms with Crippen molar-refractivity contribution in [2.24, 2.45) is 0 Å². The third kappa shape index (κ3) is 3.67. The van der Waals surface area contributed by atoms with Gasteiger partial charge in [0, 0.05) is 19.2 Å². The first-order valence-electron chi connectivity index (χ1n) is 8.05. The predicted octanol–water partition coefficient (Wildman–Crippen LogP) is 2.61. The lowest BCUT2D eigenvalue weighted by atomic mass is 10.1. The first-order chi connectivity index (χ1) is 12.5. The summed E-state index contributed by atoms with van der Waals surface area (Å²) in [5.74, 6) is 0.453. The van der Waals surface area contributed by atoms with E-state index in [0.29, 0.717) is 11.5 Å². The lowest BCUT2D eigenvalue weighted by molar-refractivity contribution is -0.00259. The van der Waals surface area contributed by atoms with Gasteiger partial charge in [-0.2, -0.15) is 4.31 Å². The van der Waals surface area contributed by atoms with Crippen molar-refractivity contribution in [2.75, 3.05) is 33.9 Å². The van der Waals surface area contributed by atoms with Crippen LogP contribution in [0.5, 0.6) is 11.5 Å². The Morgan fingerprint density at radius 3 is 2.42 bits per heavy atom. The van der Waals surface area contributed by atoms with Gasteiger partial charge in [-0.3, -0.25) is 0 Å². The van der Waals surface area contributed by atoms with Crippen molar-refractivity contribution in [1.82, 2.24) is 4.31 Å². The molecule has 0 N–H and O–H groups in total. The second kappa shape index (κ2) is 7.61. The fourth-order valence-corrected chi connectivity index (χ4v) is 4.29. The van der Waals surface area contributed by atoms with E-state index < -0.39 is 16.1 Å². The Bertz CT molecular complexity index is 870. The largest absolute Gasteiger partial charge is 0.493 e. The van der Waals surface area contributed by atoms with E-state index in [4.69, 9.17) is 14.2 Å². The highest BCUT2D eigenvalue weighted by atomic mass is 32.2. The molecule has 0 spiro atoms. The zero-order chi connectivity index (χ0) is 18.7. The summed E-state index contributed by atoms with van der Waals surface area (Å²) in [7, 11) is -0.786. The summed E-state index contributed by atoms with van der Waals surface area (Å²) in [6.07, 6.45) is -0.445. The first-order valence-corrected chi connectivity index (χ1v) is 9.49. The molecule has 1 fully saturated rings. The molecule has 3 rings (SSSR count). The lowest BCUT2D eigenvalue weighted by Gasteiger charge is -2.32. The lowest BCUT2D eigenvalue weighted by Crippen LogP contribution is -2.42. The molecule has 1 saturated heterocycles. The Hall–Kier alpha value is -2.16. The third-order valence-corrected chi connectivity index (χ3v) is 6.12. The van der Waals surface area contributed by atoms with Crippen LogP contribution in [-0.2, 0) is 14.8 Å². The molecule has 1 aliphatic rings. The van der Waals surface area contributed by atoms with Gasteiger partial charge in [-0.1, -0.05) is 12.1 Å². The van der Waals surface area contributed by atoms with Gasteiger partial charge in [0.1, 0.15) is 5.82 Å². The minimum Gasteiger partial charge on any atom is -0.493 e. The highest BCUT2D eigenvalue weighted by Gasteiger charge is 2.32. The number of hydrogen-bond donors (Lipinski definition) is 0. The molecule has 2 aromatic carbocycles. The molecule has 140 valence electrons.